The van der Waals surface area contributed by atoms with E-state index < -0.39 is 0 Å². The molecule has 100 valence electrons. The van der Waals surface area contributed by atoms with E-state index in [-0.39, 0.29) is 12.0 Å². The molecule has 1 aromatic rings. The van der Waals surface area contributed by atoms with Gasteiger partial charge in [0.1, 0.15) is 0 Å². The molecule has 18 heavy (non-hydrogen) atoms. The molecule has 3 nitrogen and oxygen atoms in total. The summed E-state index contributed by atoms with van der Waals surface area (Å²) in [6.07, 6.45) is 0.191. The van der Waals surface area contributed by atoms with Crippen molar-refractivity contribution in [3.63, 3.8) is 0 Å². The maximum absolute atomic E-state index is 12.0. The lowest BCUT2D eigenvalue weighted by atomic mass is 10.2. The molecule has 0 bridgehead atoms. The number of carbonyl (C=O) groups excluding carboxylic acids is 1. The highest BCUT2D eigenvalue weighted by molar-refractivity contribution is 8.00. The summed E-state index contributed by atoms with van der Waals surface area (Å²) in [6, 6.07) is 7.61. The zero-order valence-electron chi connectivity index (χ0n) is 11.1. The van der Waals surface area contributed by atoms with E-state index >= 15 is 0 Å². The molecule has 0 aliphatic heterocycles. The highest BCUT2D eigenvalue weighted by atomic mass is 32.2. The summed E-state index contributed by atoms with van der Waals surface area (Å²) in [7, 11) is 0. The summed E-state index contributed by atoms with van der Waals surface area (Å²) in [4.78, 5) is 13.0. The zero-order valence-corrected chi connectivity index (χ0v) is 12.0. The van der Waals surface area contributed by atoms with Crippen LogP contribution in [-0.2, 0) is 0 Å². The van der Waals surface area contributed by atoms with Crippen LogP contribution in [0.5, 0.6) is 0 Å². The van der Waals surface area contributed by atoms with Crippen molar-refractivity contribution in [3.8, 4) is 0 Å². The first kappa shape index (κ1) is 15.1. The minimum atomic E-state index is -0.384. The van der Waals surface area contributed by atoms with E-state index in [1.54, 1.807) is 18.7 Å². The van der Waals surface area contributed by atoms with Crippen molar-refractivity contribution in [1.82, 2.24) is 5.32 Å². The van der Waals surface area contributed by atoms with Crippen LogP contribution in [-0.4, -0.2) is 28.9 Å². The smallest absolute Gasteiger partial charge is 0.252 e. The van der Waals surface area contributed by atoms with Gasteiger partial charge in [0.2, 0.25) is 0 Å². The fourth-order valence-corrected chi connectivity index (χ4v) is 2.45. The predicted octanol–water partition coefficient (Wildman–Crippen LogP) is 2.69. The molecule has 0 aromatic heterocycles. The quantitative estimate of drug-likeness (QED) is 0.779. The Morgan fingerprint density at radius 3 is 2.61 bits per heavy atom. The molecular formula is C14H21NO2S. The van der Waals surface area contributed by atoms with Gasteiger partial charge < -0.3 is 10.4 Å². The fourth-order valence-electron chi connectivity index (χ4n) is 1.50. The van der Waals surface area contributed by atoms with Gasteiger partial charge in [-0.1, -0.05) is 26.0 Å². The van der Waals surface area contributed by atoms with E-state index in [1.165, 1.54) is 0 Å². The molecule has 0 saturated carbocycles. The molecule has 0 aliphatic rings. The third-order valence-corrected chi connectivity index (χ3v) is 3.42. The molecule has 0 radical (unpaired) electrons. The number of hydrogen-bond acceptors (Lipinski definition) is 3. The first-order valence-corrected chi connectivity index (χ1v) is 7.10. The molecule has 0 spiro atoms. The monoisotopic (exact) mass is 267 g/mol. The topological polar surface area (TPSA) is 49.3 Å². The predicted molar refractivity (Wildman–Crippen MR) is 76.1 cm³/mol. The number of hydrogen-bond donors (Lipinski definition) is 2. The lowest BCUT2D eigenvalue weighted by molar-refractivity contribution is 0.0942. The lowest BCUT2D eigenvalue weighted by Gasteiger charge is -2.11. The van der Waals surface area contributed by atoms with Gasteiger partial charge in [0, 0.05) is 16.7 Å². The Morgan fingerprint density at radius 1 is 1.33 bits per heavy atom. The molecule has 1 aromatic carbocycles. The minimum Gasteiger partial charge on any atom is -0.393 e. The summed E-state index contributed by atoms with van der Waals surface area (Å²) in [5, 5.41) is 12.4. The largest absolute Gasteiger partial charge is 0.393 e. The van der Waals surface area contributed by atoms with Gasteiger partial charge in [-0.2, -0.15) is 0 Å². The second kappa shape index (κ2) is 7.44. The van der Waals surface area contributed by atoms with Crippen LogP contribution in [0.15, 0.2) is 29.2 Å². The Hall–Kier alpha value is -1.00. The van der Waals surface area contributed by atoms with E-state index in [0.29, 0.717) is 23.8 Å². The number of thioether (sulfide) groups is 1. The van der Waals surface area contributed by atoms with Crippen LogP contribution in [0, 0.1) is 0 Å². The Morgan fingerprint density at radius 2 is 2.00 bits per heavy atom. The lowest BCUT2D eigenvalue weighted by Crippen LogP contribution is -2.27. The van der Waals surface area contributed by atoms with E-state index in [1.807, 2.05) is 24.3 Å². The SMILES string of the molecule is CC(O)CCNC(=O)c1ccccc1SC(C)C. The molecule has 1 unspecified atom stereocenters. The van der Waals surface area contributed by atoms with Crippen molar-refractivity contribution in [3.05, 3.63) is 29.8 Å². The Bertz CT molecular complexity index is 391. The molecule has 1 amide bonds. The molecular weight excluding hydrogens is 246 g/mol. The van der Waals surface area contributed by atoms with Gasteiger partial charge in [-0.25, -0.2) is 0 Å². The molecule has 2 N–H and O–H groups in total. The molecule has 1 rings (SSSR count). The van der Waals surface area contributed by atoms with Gasteiger partial charge in [-0.15, -0.1) is 11.8 Å². The number of nitrogens with one attached hydrogen (secondary N) is 1. The number of rotatable bonds is 6. The van der Waals surface area contributed by atoms with Crippen molar-refractivity contribution < 1.29 is 9.90 Å². The third-order valence-electron chi connectivity index (χ3n) is 2.34. The van der Waals surface area contributed by atoms with Gasteiger partial charge in [0.25, 0.3) is 5.91 Å². The van der Waals surface area contributed by atoms with Crippen LogP contribution >= 0.6 is 11.8 Å². The fraction of sp³-hybridized carbons (Fsp3) is 0.500. The Kier molecular flexibility index (Phi) is 6.22. The first-order chi connectivity index (χ1) is 8.50. The highest BCUT2D eigenvalue weighted by Crippen LogP contribution is 2.26. The maximum Gasteiger partial charge on any atom is 0.252 e. The summed E-state index contributed by atoms with van der Waals surface area (Å²) in [5.41, 5.74) is 0.710. The first-order valence-electron chi connectivity index (χ1n) is 6.22. The molecule has 0 heterocycles. The molecule has 4 heteroatoms. The van der Waals surface area contributed by atoms with Crippen LogP contribution < -0.4 is 5.32 Å². The van der Waals surface area contributed by atoms with Crippen molar-refractivity contribution in [2.75, 3.05) is 6.54 Å². The average molecular weight is 267 g/mol. The van der Waals surface area contributed by atoms with E-state index in [0.717, 1.165) is 4.90 Å². The summed E-state index contributed by atoms with van der Waals surface area (Å²) in [5.74, 6) is -0.0700. The van der Waals surface area contributed by atoms with Crippen LogP contribution in [0.2, 0.25) is 0 Å². The van der Waals surface area contributed by atoms with Crippen LogP contribution in [0.4, 0.5) is 0 Å². The van der Waals surface area contributed by atoms with Crippen molar-refractivity contribution in [1.29, 1.82) is 0 Å². The van der Waals surface area contributed by atoms with E-state index in [9.17, 15) is 4.79 Å². The van der Waals surface area contributed by atoms with Gasteiger partial charge in [0.15, 0.2) is 0 Å². The van der Waals surface area contributed by atoms with Crippen molar-refractivity contribution >= 4 is 17.7 Å². The number of aliphatic hydroxyl groups is 1. The normalized spacial score (nSPS) is 12.5. The Balaban J connectivity index is 2.66. The zero-order chi connectivity index (χ0) is 13.5. The molecule has 1 atom stereocenters. The number of amides is 1. The van der Waals surface area contributed by atoms with Gasteiger partial charge in [-0.3, -0.25) is 4.79 Å². The highest BCUT2D eigenvalue weighted by Gasteiger charge is 2.12. The molecule has 0 fully saturated rings. The standard InChI is InChI=1S/C14H21NO2S/c1-10(2)18-13-7-5-4-6-12(13)14(17)15-9-8-11(3)16/h4-7,10-11,16H,8-9H2,1-3H3,(H,15,17). The van der Waals surface area contributed by atoms with Gasteiger partial charge >= 0.3 is 0 Å². The van der Waals surface area contributed by atoms with Crippen molar-refractivity contribution in [2.45, 2.75) is 43.4 Å². The van der Waals surface area contributed by atoms with Gasteiger partial charge in [0.05, 0.1) is 11.7 Å². The third kappa shape index (κ3) is 5.10. The Labute approximate surface area is 113 Å². The minimum absolute atomic E-state index is 0.0700. The number of carbonyl (C=O) groups is 1. The average Bonchev–Trinajstić information content (AvgIpc) is 2.28. The summed E-state index contributed by atoms with van der Waals surface area (Å²) < 4.78 is 0. The van der Waals surface area contributed by atoms with Crippen LogP contribution in [0.25, 0.3) is 0 Å². The molecule has 0 saturated heterocycles. The van der Waals surface area contributed by atoms with Crippen LogP contribution in [0.3, 0.4) is 0 Å². The number of aliphatic hydroxyl groups excluding tert-OH is 1. The summed E-state index contributed by atoms with van der Waals surface area (Å²) >= 11 is 1.68. The van der Waals surface area contributed by atoms with E-state index in [4.69, 9.17) is 5.11 Å². The maximum atomic E-state index is 12.0. The summed E-state index contributed by atoms with van der Waals surface area (Å²) in [6.45, 7) is 6.42. The van der Waals surface area contributed by atoms with Gasteiger partial charge in [-0.05, 0) is 25.5 Å². The van der Waals surface area contributed by atoms with Crippen LogP contribution in [0.1, 0.15) is 37.6 Å². The molecule has 0 aliphatic carbocycles. The second-order valence-electron chi connectivity index (χ2n) is 4.56. The number of benzene rings is 1. The second-order valence-corrected chi connectivity index (χ2v) is 6.17. The van der Waals surface area contributed by atoms with E-state index in [2.05, 4.69) is 19.2 Å². The van der Waals surface area contributed by atoms with Crippen molar-refractivity contribution in [2.24, 2.45) is 0 Å².